The van der Waals surface area contributed by atoms with Crippen LogP contribution in [0, 0.1) is 5.82 Å². The average Bonchev–Trinajstić information content (AvgIpc) is 3.38. The molecule has 10 heteroatoms. The van der Waals surface area contributed by atoms with Gasteiger partial charge in [-0.1, -0.05) is 35.0 Å². The number of halogens is 2. The molecule has 0 aliphatic heterocycles. The number of rotatable bonds is 6. The number of aromatic nitrogens is 2. The zero-order valence-electron chi connectivity index (χ0n) is 19.7. The minimum Gasteiger partial charge on any atom is -0.496 e. The van der Waals surface area contributed by atoms with Gasteiger partial charge in [0.1, 0.15) is 23.6 Å². The molecule has 2 heterocycles. The number of hydrogen-bond acceptors (Lipinski definition) is 6. The van der Waals surface area contributed by atoms with Gasteiger partial charge in [0.2, 0.25) is 0 Å². The number of aryl methyl sites for hydroxylation is 1. The molecule has 0 radical (unpaired) electrons. The largest absolute Gasteiger partial charge is 0.496 e. The number of pyridine rings is 1. The predicted molar refractivity (Wildman–Crippen MR) is 139 cm³/mol. The molecular formula is C27H20ClFN2O5S. The van der Waals surface area contributed by atoms with Gasteiger partial charge in [-0.25, -0.2) is 12.8 Å². The Hall–Kier alpha value is -3.95. The van der Waals surface area contributed by atoms with Crippen LogP contribution >= 0.6 is 11.6 Å². The Bertz CT molecular complexity index is 1820. The molecular weight excluding hydrogens is 519 g/mol. The molecule has 3 aromatic carbocycles. The third-order valence-corrected chi connectivity index (χ3v) is 7.94. The van der Waals surface area contributed by atoms with Crippen molar-refractivity contribution in [2.75, 3.05) is 7.11 Å². The highest BCUT2D eigenvalue weighted by Crippen LogP contribution is 2.39. The molecule has 0 spiro atoms. The molecule has 0 amide bonds. The average molecular weight is 539 g/mol. The molecule has 5 aromatic rings. The van der Waals surface area contributed by atoms with Crippen LogP contribution in [0.25, 0.3) is 33.0 Å². The smallest absolute Gasteiger partial charge is 0.258 e. The molecule has 0 atom stereocenters. The molecule has 2 aromatic heterocycles. The maximum absolute atomic E-state index is 15.4. The molecule has 0 saturated carbocycles. The summed E-state index contributed by atoms with van der Waals surface area (Å²) in [5.74, 6) is -0.509. The first kappa shape index (κ1) is 24.7. The van der Waals surface area contributed by atoms with E-state index in [1.54, 1.807) is 49.6 Å². The second-order valence-corrected chi connectivity index (χ2v) is 10.9. The molecule has 0 N–H and O–H groups in total. The SMILES string of the molecule is COc1cc(-c2cccc(Cl)c2)c(F)cc1-c1cn(C)c(=O)c2cc(S(=O)(=O)Cc3ccon3)ccc12. The monoisotopic (exact) mass is 538 g/mol. The lowest BCUT2D eigenvalue weighted by atomic mass is 9.96. The molecule has 5 rings (SSSR count). The Labute approximate surface area is 216 Å². The lowest BCUT2D eigenvalue weighted by Crippen LogP contribution is -2.17. The van der Waals surface area contributed by atoms with Gasteiger partial charge in [0.25, 0.3) is 5.56 Å². The van der Waals surface area contributed by atoms with Gasteiger partial charge >= 0.3 is 0 Å². The lowest BCUT2D eigenvalue weighted by molar-refractivity contribution is 0.413. The molecule has 0 bridgehead atoms. The van der Waals surface area contributed by atoms with Crippen LogP contribution in [-0.2, 0) is 22.6 Å². The first-order chi connectivity index (χ1) is 17.7. The van der Waals surface area contributed by atoms with E-state index in [2.05, 4.69) is 5.16 Å². The number of fused-ring (bicyclic) bond motifs is 1. The maximum Gasteiger partial charge on any atom is 0.258 e. The topological polar surface area (TPSA) is 91.4 Å². The Morgan fingerprint density at radius 1 is 1.03 bits per heavy atom. The van der Waals surface area contributed by atoms with E-state index in [0.29, 0.717) is 38.4 Å². The second-order valence-electron chi connectivity index (χ2n) is 8.46. The van der Waals surface area contributed by atoms with Crippen LogP contribution in [-0.4, -0.2) is 25.3 Å². The van der Waals surface area contributed by atoms with Crippen molar-refractivity contribution < 1.29 is 22.1 Å². The van der Waals surface area contributed by atoms with Crippen molar-refractivity contribution in [1.29, 1.82) is 0 Å². The summed E-state index contributed by atoms with van der Waals surface area (Å²) in [6.45, 7) is 0. The van der Waals surface area contributed by atoms with Crippen LogP contribution < -0.4 is 10.3 Å². The fourth-order valence-corrected chi connectivity index (χ4v) is 5.72. The number of sulfone groups is 1. The van der Waals surface area contributed by atoms with Crippen molar-refractivity contribution >= 4 is 32.2 Å². The van der Waals surface area contributed by atoms with Gasteiger partial charge in [0, 0.05) is 46.4 Å². The third kappa shape index (κ3) is 4.63. The normalized spacial score (nSPS) is 11.7. The summed E-state index contributed by atoms with van der Waals surface area (Å²) in [7, 11) is -0.791. The summed E-state index contributed by atoms with van der Waals surface area (Å²) in [6, 6.07) is 15.5. The Balaban J connectivity index is 1.68. The number of hydrogen-bond donors (Lipinski definition) is 0. The van der Waals surface area contributed by atoms with Crippen molar-refractivity contribution in [3.8, 4) is 28.0 Å². The van der Waals surface area contributed by atoms with Crippen LogP contribution in [0.3, 0.4) is 0 Å². The fraction of sp³-hybridized carbons (Fsp3) is 0.111. The quantitative estimate of drug-likeness (QED) is 0.278. The first-order valence-corrected chi connectivity index (χ1v) is 13.1. The Morgan fingerprint density at radius 3 is 2.54 bits per heavy atom. The van der Waals surface area contributed by atoms with Gasteiger partial charge in [-0.3, -0.25) is 4.79 Å². The van der Waals surface area contributed by atoms with Gasteiger partial charge in [-0.05, 0) is 47.3 Å². The summed E-state index contributed by atoms with van der Waals surface area (Å²) in [5, 5.41) is 4.75. The van der Waals surface area contributed by atoms with Gasteiger partial charge < -0.3 is 13.8 Å². The zero-order chi connectivity index (χ0) is 26.3. The molecule has 0 aliphatic carbocycles. The summed E-state index contributed by atoms with van der Waals surface area (Å²) < 4.78 is 53.0. The second kappa shape index (κ2) is 9.49. The number of methoxy groups -OCH3 is 1. The van der Waals surface area contributed by atoms with Crippen LogP contribution in [0.1, 0.15) is 5.69 Å². The van der Waals surface area contributed by atoms with E-state index in [1.165, 1.54) is 42.2 Å². The van der Waals surface area contributed by atoms with Crippen LogP contribution in [0.2, 0.25) is 5.02 Å². The highest BCUT2D eigenvalue weighted by Gasteiger charge is 2.21. The Kier molecular flexibility index (Phi) is 6.35. The minimum atomic E-state index is -3.81. The lowest BCUT2D eigenvalue weighted by Gasteiger charge is -2.16. The van der Waals surface area contributed by atoms with E-state index in [9.17, 15) is 13.2 Å². The van der Waals surface area contributed by atoms with Crippen LogP contribution in [0.4, 0.5) is 4.39 Å². The molecule has 0 aliphatic rings. The molecule has 37 heavy (non-hydrogen) atoms. The van der Waals surface area contributed by atoms with E-state index >= 15 is 4.39 Å². The molecule has 188 valence electrons. The number of benzene rings is 3. The van der Waals surface area contributed by atoms with Gasteiger partial charge in [0.15, 0.2) is 9.84 Å². The summed E-state index contributed by atoms with van der Waals surface area (Å²) in [4.78, 5) is 13.0. The van der Waals surface area contributed by atoms with Crippen LogP contribution in [0.15, 0.2) is 87.3 Å². The summed E-state index contributed by atoms with van der Waals surface area (Å²) in [6.07, 6.45) is 2.86. The molecule has 0 saturated heterocycles. The maximum atomic E-state index is 15.4. The van der Waals surface area contributed by atoms with E-state index < -0.39 is 21.2 Å². The van der Waals surface area contributed by atoms with E-state index in [1.807, 2.05) is 0 Å². The molecule has 0 fully saturated rings. The van der Waals surface area contributed by atoms with Crippen LogP contribution in [0.5, 0.6) is 5.75 Å². The number of nitrogens with zero attached hydrogens (tertiary/aromatic N) is 2. The van der Waals surface area contributed by atoms with Crippen molar-refractivity contribution in [2.24, 2.45) is 7.05 Å². The predicted octanol–water partition coefficient (Wildman–Crippen LogP) is 5.64. The van der Waals surface area contributed by atoms with E-state index in [-0.39, 0.29) is 21.7 Å². The molecule has 7 nitrogen and oxygen atoms in total. The van der Waals surface area contributed by atoms with Crippen molar-refractivity contribution in [3.63, 3.8) is 0 Å². The van der Waals surface area contributed by atoms with E-state index in [0.717, 1.165) is 0 Å². The summed E-state index contributed by atoms with van der Waals surface area (Å²) >= 11 is 6.09. The third-order valence-electron chi connectivity index (χ3n) is 6.06. The minimum absolute atomic E-state index is 0.0355. The highest BCUT2D eigenvalue weighted by atomic mass is 35.5. The highest BCUT2D eigenvalue weighted by molar-refractivity contribution is 7.90. The van der Waals surface area contributed by atoms with Gasteiger partial charge in [-0.2, -0.15) is 0 Å². The zero-order valence-corrected chi connectivity index (χ0v) is 21.3. The van der Waals surface area contributed by atoms with Crippen molar-refractivity contribution in [2.45, 2.75) is 10.6 Å². The van der Waals surface area contributed by atoms with E-state index in [4.69, 9.17) is 20.9 Å². The first-order valence-electron chi connectivity index (χ1n) is 11.1. The number of ether oxygens (including phenoxy) is 1. The molecule has 0 unspecified atom stereocenters. The van der Waals surface area contributed by atoms with Gasteiger partial charge in [0.05, 0.1) is 17.7 Å². The summed E-state index contributed by atoms with van der Waals surface area (Å²) in [5.41, 5.74) is 1.66. The fourth-order valence-electron chi connectivity index (χ4n) is 4.26. The standard InChI is InChI=1S/C27H20ClFN2O5S/c1-31-14-24(22-12-25(29)21(13-26(22)35-2)16-4-3-5-17(28)10-16)20-7-6-19(11-23(20)27(31)32)37(33,34)15-18-8-9-36-30-18/h3-14H,15H2,1-2H3. The van der Waals surface area contributed by atoms with Crippen molar-refractivity contribution in [3.05, 3.63) is 100 Å². The van der Waals surface area contributed by atoms with Crippen molar-refractivity contribution in [1.82, 2.24) is 9.72 Å². The van der Waals surface area contributed by atoms with Gasteiger partial charge in [-0.15, -0.1) is 0 Å². The Morgan fingerprint density at radius 2 is 1.84 bits per heavy atom.